The molecule has 1 saturated carbocycles. The number of carbonyl (C=O) groups is 2. The van der Waals surface area contributed by atoms with Crippen LogP contribution in [-0.4, -0.2) is 49.1 Å². The first-order chi connectivity index (χ1) is 8.17. The van der Waals surface area contributed by atoms with Crippen molar-refractivity contribution >= 4 is 11.9 Å². The van der Waals surface area contributed by atoms with E-state index in [1.54, 1.807) is 6.92 Å². The van der Waals surface area contributed by atoms with Crippen LogP contribution >= 0.6 is 0 Å². The van der Waals surface area contributed by atoms with Crippen LogP contribution in [0.4, 0.5) is 0 Å². The smallest absolute Gasteiger partial charge is 0.320 e. The van der Waals surface area contributed by atoms with Gasteiger partial charge < -0.3 is 10.1 Å². The lowest BCUT2D eigenvalue weighted by Gasteiger charge is -2.19. The summed E-state index contributed by atoms with van der Waals surface area (Å²) in [5, 5.41) is 2.58. The van der Waals surface area contributed by atoms with Gasteiger partial charge in [-0.25, -0.2) is 0 Å². The van der Waals surface area contributed by atoms with E-state index >= 15 is 0 Å². The van der Waals surface area contributed by atoms with E-state index in [2.05, 4.69) is 11.2 Å². The summed E-state index contributed by atoms with van der Waals surface area (Å²) in [4.78, 5) is 24.7. The SMILES string of the molecule is C#CCNC(=O)CN(CC(=O)OCC)C1CC1. The molecule has 0 aliphatic heterocycles. The maximum Gasteiger partial charge on any atom is 0.320 e. The minimum absolute atomic E-state index is 0.154. The minimum atomic E-state index is -0.288. The molecule has 0 bridgehead atoms. The topological polar surface area (TPSA) is 58.6 Å². The molecule has 17 heavy (non-hydrogen) atoms. The van der Waals surface area contributed by atoms with Crippen molar-refractivity contribution in [3.63, 3.8) is 0 Å². The molecule has 1 N–H and O–H groups in total. The molecule has 94 valence electrons. The second kappa shape index (κ2) is 6.92. The molecule has 5 heteroatoms. The predicted octanol–water partition coefficient (Wildman–Crippen LogP) is -0.237. The lowest BCUT2D eigenvalue weighted by atomic mass is 10.4. The molecular formula is C12H18N2O3. The first-order valence-electron chi connectivity index (χ1n) is 5.77. The summed E-state index contributed by atoms with van der Waals surface area (Å²) in [7, 11) is 0. The number of carbonyl (C=O) groups excluding carboxylic acids is 2. The van der Waals surface area contributed by atoms with Crippen molar-refractivity contribution in [3.05, 3.63) is 0 Å². The number of hydrogen-bond acceptors (Lipinski definition) is 4. The molecule has 1 fully saturated rings. The van der Waals surface area contributed by atoms with Crippen molar-refractivity contribution in [2.45, 2.75) is 25.8 Å². The number of rotatable bonds is 7. The van der Waals surface area contributed by atoms with Gasteiger partial charge in [-0.1, -0.05) is 5.92 Å². The zero-order valence-electron chi connectivity index (χ0n) is 10.1. The van der Waals surface area contributed by atoms with Gasteiger partial charge >= 0.3 is 5.97 Å². The van der Waals surface area contributed by atoms with Gasteiger partial charge in [-0.05, 0) is 19.8 Å². The third-order valence-corrected chi connectivity index (χ3v) is 2.44. The fourth-order valence-electron chi connectivity index (χ4n) is 1.52. The van der Waals surface area contributed by atoms with Crippen LogP contribution in [-0.2, 0) is 14.3 Å². The molecule has 0 radical (unpaired) electrons. The highest BCUT2D eigenvalue weighted by molar-refractivity contribution is 5.79. The van der Waals surface area contributed by atoms with E-state index in [-0.39, 0.29) is 31.5 Å². The van der Waals surface area contributed by atoms with Gasteiger partial charge in [0.15, 0.2) is 0 Å². The van der Waals surface area contributed by atoms with Crippen LogP contribution < -0.4 is 5.32 Å². The van der Waals surface area contributed by atoms with Crippen molar-refractivity contribution < 1.29 is 14.3 Å². The Balaban J connectivity index is 2.35. The maximum atomic E-state index is 11.5. The van der Waals surface area contributed by atoms with E-state index in [0.29, 0.717) is 12.6 Å². The largest absolute Gasteiger partial charge is 0.465 e. The Labute approximate surface area is 101 Å². The molecular weight excluding hydrogens is 220 g/mol. The Morgan fingerprint density at radius 3 is 2.71 bits per heavy atom. The number of nitrogens with one attached hydrogen (secondary N) is 1. The molecule has 0 aromatic rings. The third kappa shape index (κ3) is 5.36. The highest BCUT2D eigenvalue weighted by Crippen LogP contribution is 2.26. The highest BCUT2D eigenvalue weighted by Gasteiger charge is 2.31. The minimum Gasteiger partial charge on any atom is -0.465 e. The van der Waals surface area contributed by atoms with Crippen LogP contribution in [0.25, 0.3) is 0 Å². The predicted molar refractivity (Wildman–Crippen MR) is 63.1 cm³/mol. The van der Waals surface area contributed by atoms with E-state index in [1.165, 1.54) is 0 Å². The van der Waals surface area contributed by atoms with Crippen LogP contribution in [0.2, 0.25) is 0 Å². The van der Waals surface area contributed by atoms with Gasteiger partial charge in [0.2, 0.25) is 5.91 Å². The molecule has 0 spiro atoms. The summed E-state index contributed by atoms with van der Waals surface area (Å²) < 4.78 is 4.87. The summed E-state index contributed by atoms with van der Waals surface area (Å²) in [6.45, 7) is 2.71. The van der Waals surface area contributed by atoms with Gasteiger partial charge in [0.25, 0.3) is 0 Å². The van der Waals surface area contributed by atoms with Crippen molar-refractivity contribution in [1.29, 1.82) is 0 Å². The number of amides is 1. The molecule has 0 aromatic carbocycles. The molecule has 1 rings (SSSR count). The summed E-state index contributed by atoms with van der Waals surface area (Å²) in [5.41, 5.74) is 0. The normalized spacial score (nSPS) is 14.2. The number of nitrogens with zero attached hydrogens (tertiary/aromatic N) is 1. The van der Waals surface area contributed by atoms with E-state index in [4.69, 9.17) is 11.2 Å². The van der Waals surface area contributed by atoms with Gasteiger partial charge in [0.05, 0.1) is 26.2 Å². The van der Waals surface area contributed by atoms with Crippen LogP contribution in [0.15, 0.2) is 0 Å². The van der Waals surface area contributed by atoms with Gasteiger partial charge in [0.1, 0.15) is 0 Å². The number of esters is 1. The van der Waals surface area contributed by atoms with Crippen LogP contribution in [0.1, 0.15) is 19.8 Å². The van der Waals surface area contributed by atoms with E-state index in [9.17, 15) is 9.59 Å². The lowest BCUT2D eigenvalue weighted by molar-refractivity contribution is -0.144. The fourth-order valence-corrected chi connectivity index (χ4v) is 1.52. The molecule has 0 atom stereocenters. The lowest BCUT2D eigenvalue weighted by Crippen LogP contribution is -2.41. The number of ether oxygens (including phenoxy) is 1. The highest BCUT2D eigenvalue weighted by atomic mass is 16.5. The molecule has 1 amide bonds. The van der Waals surface area contributed by atoms with E-state index in [1.807, 2.05) is 4.90 Å². The second-order valence-electron chi connectivity index (χ2n) is 3.92. The Kier molecular flexibility index (Phi) is 5.50. The molecule has 0 aromatic heterocycles. The van der Waals surface area contributed by atoms with Crippen LogP contribution in [0.3, 0.4) is 0 Å². The first-order valence-corrected chi connectivity index (χ1v) is 5.77. The second-order valence-corrected chi connectivity index (χ2v) is 3.92. The van der Waals surface area contributed by atoms with Crippen molar-refractivity contribution in [2.24, 2.45) is 0 Å². The molecule has 0 unspecified atom stereocenters. The monoisotopic (exact) mass is 238 g/mol. The summed E-state index contributed by atoms with van der Waals surface area (Å²) >= 11 is 0. The average Bonchev–Trinajstić information content (AvgIpc) is 3.09. The Bertz CT molecular complexity index is 318. The molecule has 0 heterocycles. The van der Waals surface area contributed by atoms with E-state index in [0.717, 1.165) is 12.8 Å². The van der Waals surface area contributed by atoms with E-state index < -0.39 is 0 Å². The Morgan fingerprint density at radius 2 is 2.18 bits per heavy atom. The zero-order valence-corrected chi connectivity index (χ0v) is 10.1. The summed E-state index contributed by atoms with van der Waals surface area (Å²) in [5.74, 6) is 1.89. The van der Waals surface area contributed by atoms with Gasteiger partial charge in [-0.15, -0.1) is 6.42 Å². The van der Waals surface area contributed by atoms with Crippen molar-refractivity contribution in [3.8, 4) is 12.3 Å². The summed E-state index contributed by atoms with van der Waals surface area (Å²) in [6, 6.07) is 0.330. The maximum absolute atomic E-state index is 11.5. The Morgan fingerprint density at radius 1 is 1.47 bits per heavy atom. The first kappa shape index (κ1) is 13.5. The zero-order chi connectivity index (χ0) is 12.7. The quantitative estimate of drug-likeness (QED) is 0.491. The van der Waals surface area contributed by atoms with Gasteiger partial charge in [0, 0.05) is 6.04 Å². The summed E-state index contributed by atoms with van der Waals surface area (Å²) in [6.07, 6.45) is 7.11. The van der Waals surface area contributed by atoms with Crippen molar-refractivity contribution in [2.75, 3.05) is 26.2 Å². The molecule has 0 saturated heterocycles. The van der Waals surface area contributed by atoms with Crippen LogP contribution in [0.5, 0.6) is 0 Å². The average molecular weight is 238 g/mol. The van der Waals surface area contributed by atoms with Gasteiger partial charge in [-0.3, -0.25) is 14.5 Å². The third-order valence-electron chi connectivity index (χ3n) is 2.44. The standard InChI is InChI=1S/C12H18N2O3/c1-3-7-13-11(15)8-14(10-5-6-10)9-12(16)17-4-2/h1,10H,4-9H2,2H3,(H,13,15). The van der Waals surface area contributed by atoms with Gasteiger partial charge in [-0.2, -0.15) is 0 Å². The van der Waals surface area contributed by atoms with Crippen molar-refractivity contribution in [1.82, 2.24) is 10.2 Å². The fraction of sp³-hybridized carbons (Fsp3) is 0.667. The molecule has 1 aliphatic rings. The molecule has 5 nitrogen and oxygen atoms in total. The number of hydrogen-bond donors (Lipinski definition) is 1. The number of terminal acetylenes is 1. The molecule has 1 aliphatic carbocycles. The Hall–Kier alpha value is -1.54. The van der Waals surface area contributed by atoms with Crippen LogP contribution in [0, 0.1) is 12.3 Å².